The third kappa shape index (κ3) is 3.29. The number of rotatable bonds is 3. The van der Waals surface area contributed by atoms with Gasteiger partial charge >= 0.3 is 5.97 Å². The Bertz CT molecular complexity index is 972. The standard InChI is InChI=1S/C20H12ClNO2/c21-18-10-11-19(17-9-5-4-8-16(17)18)24-20(23)15(13-22)12-14-6-2-1-3-7-14/h1-12H/b15-12-. The number of halogens is 1. The normalized spacial score (nSPS) is 11.1. The molecule has 0 fully saturated rings. The van der Waals surface area contributed by atoms with Gasteiger partial charge in [-0.05, 0) is 23.8 Å². The quantitative estimate of drug-likeness (QED) is 0.293. The highest BCUT2D eigenvalue weighted by molar-refractivity contribution is 6.35. The molecule has 0 aliphatic carbocycles. The van der Waals surface area contributed by atoms with Crippen LogP contribution in [0, 0.1) is 11.3 Å². The Morgan fingerprint density at radius 2 is 1.62 bits per heavy atom. The van der Waals surface area contributed by atoms with Gasteiger partial charge in [0, 0.05) is 15.8 Å². The van der Waals surface area contributed by atoms with Crippen molar-refractivity contribution in [3.63, 3.8) is 0 Å². The number of ether oxygens (including phenoxy) is 1. The molecule has 0 bridgehead atoms. The molecule has 0 radical (unpaired) electrons. The van der Waals surface area contributed by atoms with Gasteiger partial charge in [-0.2, -0.15) is 5.26 Å². The molecule has 3 nitrogen and oxygen atoms in total. The smallest absolute Gasteiger partial charge is 0.354 e. The molecule has 3 aromatic rings. The lowest BCUT2D eigenvalue weighted by atomic mass is 10.1. The molecular formula is C20H12ClNO2. The lowest BCUT2D eigenvalue weighted by Gasteiger charge is -2.08. The number of nitriles is 1. The Morgan fingerprint density at radius 1 is 0.958 bits per heavy atom. The summed E-state index contributed by atoms with van der Waals surface area (Å²) in [5, 5.41) is 11.3. The van der Waals surface area contributed by atoms with Crippen LogP contribution >= 0.6 is 11.6 Å². The number of benzene rings is 3. The maximum Gasteiger partial charge on any atom is 0.354 e. The SMILES string of the molecule is N#C/C(=C/c1ccccc1)C(=O)Oc1ccc(Cl)c2ccccc12. The number of fused-ring (bicyclic) bond motifs is 1. The Labute approximate surface area is 144 Å². The van der Waals surface area contributed by atoms with Crippen LogP contribution in [0.1, 0.15) is 5.56 Å². The molecule has 116 valence electrons. The van der Waals surface area contributed by atoms with E-state index in [1.807, 2.05) is 60.7 Å². The van der Waals surface area contributed by atoms with Gasteiger partial charge in [0.1, 0.15) is 17.4 Å². The molecule has 0 atom stereocenters. The van der Waals surface area contributed by atoms with Gasteiger partial charge in [-0.15, -0.1) is 0 Å². The van der Waals surface area contributed by atoms with Crippen LogP contribution < -0.4 is 4.74 Å². The summed E-state index contributed by atoms with van der Waals surface area (Å²) in [6, 6.07) is 21.7. The summed E-state index contributed by atoms with van der Waals surface area (Å²) in [5.41, 5.74) is 0.687. The molecule has 24 heavy (non-hydrogen) atoms. The molecule has 0 saturated heterocycles. The molecule has 0 saturated carbocycles. The molecule has 0 unspecified atom stereocenters. The van der Waals surface area contributed by atoms with Gasteiger partial charge in [0.25, 0.3) is 0 Å². The van der Waals surface area contributed by atoms with Crippen molar-refractivity contribution in [3.8, 4) is 11.8 Å². The third-order valence-corrected chi connectivity index (χ3v) is 3.81. The monoisotopic (exact) mass is 333 g/mol. The first-order valence-electron chi connectivity index (χ1n) is 7.25. The van der Waals surface area contributed by atoms with Gasteiger partial charge in [-0.3, -0.25) is 0 Å². The molecule has 0 N–H and O–H groups in total. The van der Waals surface area contributed by atoms with E-state index in [0.29, 0.717) is 10.8 Å². The zero-order valence-electron chi connectivity index (χ0n) is 12.6. The summed E-state index contributed by atoms with van der Waals surface area (Å²) < 4.78 is 5.42. The van der Waals surface area contributed by atoms with Crippen LogP contribution in [-0.4, -0.2) is 5.97 Å². The summed E-state index contributed by atoms with van der Waals surface area (Å²) in [7, 11) is 0. The zero-order chi connectivity index (χ0) is 16.9. The number of carbonyl (C=O) groups excluding carboxylic acids is 1. The van der Waals surface area contributed by atoms with Crippen LogP contribution in [0.4, 0.5) is 0 Å². The van der Waals surface area contributed by atoms with Crippen LogP contribution in [0.3, 0.4) is 0 Å². The van der Waals surface area contributed by atoms with Crippen molar-refractivity contribution in [1.82, 2.24) is 0 Å². The Balaban J connectivity index is 1.94. The summed E-state index contributed by atoms with van der Waals surface area (Å²) in [6.07, 6.45) is 1.50. The molecule has 0 aromatic heterocycles. The fourth-order valence-electron chi connectivity index (χ4n) is 2.33. The molecule has 0 spiro atoms. The Kier molecular flexibility index (Phi) is 4.60. The van der Waals surface area contributed by atoms with Gasteiger partial charge in [0.2, 0.25) is 0 Å². The van der Waals surface area contributed by atoms with E-state index in [1.165, 1.54) is 6.08 Å². The average Bonchev–Trinajstić information content (AvgIpc) is 2.63. The van der Waals surface area contributed by atoms with E-state index < -0.39 is 5.97 Å². The van der Waals surface area contributed by atoms with E-state index in [0.717, 1.165) is 16.3 Å². The maximum atomic E-state index is 12.3. The fourth-order valence-corrected chi connectivity index (χ4v) is 2.56. The first kappa shape index (κ1) is 15.8. The second kappa shape index (κ2) is 6.99. The Morgan fingerprint density at radius 3 is 2.33 bits per heavy atom. The predicted molar refractivity (Wildman–Crippen MR) is 94.6 cm³/mol. The van der Waals surface area contributed by atoms with E-state index in [2.05, 4.69) is 0 Å². The van der Waals surface area contributed by atoms with E-state index in [4.69, 9.17) is 16.3 Å². The van der Waals surface area contributed by atoms with Crippen molar-refractivity contribution < 1.29 is 9.53 Å². The Hall–Kier alpha value is -3.09. The van der Waals surface area contributed by atoms with Crippen molar-refractivity contribution in [2.75, 3.05) is 0 Å². The van der Waals surface area contributed by atoms with Gasteiger partial charge in [-0.1, -0.05) is 66.2 Å². The molecule has 3 aromatic carbocycles. The average molecular weight is 334 g/mol. The molecule has 0 amide bonds. The minimum Gasteiger partial charge on any atom is -0.422 e. The highest BCUT2D eigenvalue weighted by atomic mass is 35.5. The topological polar surface area (TPSA) is 50.1 Å². The van der Waals surface area contributed by atoms with Crippen molar-refractivity contribution in [1.29, 1.82) is 5.26 Å². The third-order valence-electron chi connectivity index (χ3n) is 3.48. The zero-order valence-corrected chi connectivity index (χ0v) is 13.3. The van der Waals surface area contributed by atoms with Crippen LogP contribution in [0.25, 0.3) is 16.8 Å². The molecular weight excluding hydrogens is 322 g/mol. The first-order chi connectivity index (χ1) is 11.7. The lowest BCUT2D eigenvalue weighted by molar-refractivity contribution is -0.129. The van der Waals surface area contributed by atoms with Crippen LogP contribution in [-0.2, 0) is 4.79 Å². The van der Waals surface area contributed by atoms with E-state index >= 15 is 0 Å². The van der Waals surface area contributed by atoms with Gasteiger partial charge < -0.3 is 4.74 Å². The molecule has 3 rings (SSSR count). The fraction of sp³-hybridized carbons (Fsp3) is 0. The van der Waals surface area contributed by atoms with E-state index in [-0.39, 0.29) is 5.57 Å². The van der Waals surface area contributed by atoms with Crippen molar-refractivity contribution in [2.24, 2.45) is 0 Å². The summed E-state index contributed by atoms with van der Waals surface area (Å²) in [6.45, 7) is 0. The highest BCUT2D eigenvalue weighted by Gasteiger charge is 2.14. The van der Waals surface area contributed by atoms with Crippen molar-refractivity contribution >= 4 is 34.4 Å². The second-order valence-corrected chi connectivity index (χ2v) is 5.47. The molecule has 0 aliphatic rings. The van der Waals surface area contributed by atoms with Crippen LogP contribution in [0.2, 0.25) is 5.02 Å². The highest BCUT2D eigenvalue weighted by Crippen LogP contribution is 2.31. The lowest BCUT2D eigenvalue weighted by Crippen LogP contribution is -2.10. The number of hydrogen-bond acceptors (Lipinski definition) is 3. The number of nitrogens with zero attached hydrogens (tertiary/aromatic N) is 1. The van der Waals surface area contributed by atoms with Crippen LogP contribution in [0.5, 0.6) is 5.75 Å². The van der Waals surface area contributed by atoms with Gasteiger partial charge in [0.15, 0.2) is 0 Å². The minimum atomic E-state index is -0.700. The van der Waals surface area contributed by atoms with Crippen molar-refractivity contribution in [2.45, 2.75) is 0 Å². The van der Waals surface area contributed by atoms with Crippen molar-refractivity contribution in [3.05, 3.63) is 82.9 Å². The molecule has 0 heterocycles. The number of hydrogen-bond donors (Lipinski definition) is 0. The molecule has 0 aliphatic heterocycles. The maximum absolute atomic E-state index is 12.3. The number of esters is 1. The summed E-state index contributed by atoms with van der Waals surface area (Å²) in [4.78, 5) is 12.3. The number of carbonyl (C=O) groups is 1. The van der Waals surface area contributed by atoms with Crippen LogP contribution in [0.15, 0.2) is 72.3 Å². The summed E-state index contributed by atoms with van der Waals surface area (Å²) >= 11 is 6.16. The molecule has 4 heteroatoms. The largest absolute Gasteiger partial charge is 0.422 e. The van der Waals surface area contributed by atoms with E-state index in [1.54, 1.807) is 12.1 Å². The first-order valence-corrected chi connectivity index (χ1v) is 7.63. The second-order valence-electron chi connectivity index (χ2n) is 5.06. The van der Waals surface area contributed by atoms with E-state index in [9.17, 15) is 10.1 Å². The van der Waals surface area contributed by atoms with Gasteiger partial charge in [-0.25, -0.2) is 4.79 Å². The predicted octanol–water partition coefficient (Wildman–Crippen LogP) is 5.01. The van der Waals surface area contributed by atoms with Gasteiger partial charge in [0.05, 0.1) is 0 Å². The summed E-state index contributed by atoms with van der Waals surface area (Å²) in [5.74, 6) is -0.331. The minimum absolute atomic E-state index is 0.0692.